The molecule has 0 aliphatic carbocycles. The normalized spacial score (nSPS) is 14.1. The highest BCUT2D eigenvalue weighted by Crippen LogP contribution is 2.34. The standard InChI is InChI=1S/C14H12FN3O2/c1-8-5-9(15)6-11-12(8)18(14(20)13(11)19)7-10-3-4-17(2)16-10/h3-6H,7H2,1-2H3. The lowest BCUT2D eigenvalue weighted by molar-refractivity contribution is -0.114. The van der Waals surface area contributed by atoms with Crippen LogP contribution in [-0.2, 0) is 18.4 Å². The molecule has 0 atom stereocenters. The molecule has 1 amide bonds. The van der Waals surface area contributed by atoms with E-state index < -0.39 is 17.5 Å². The fourth-order valence-electron chi connectivity index (χ4n) is 2.47. The van der Waals surface area contributed by atoms with Gasteiger partial charge in [-0.25, -0.2) is 4.39 Å². The first-order valence-electron chi connectivity index (χ1n) is 6.12. The lowest BCUT2D eigenvalue weighted by Crippen LogP contribution is -2.29. The van der Waals surface area contributed by atoms with Crippen molar-refractivity contribution in [3.63, 3.8) is 0 Å². The Morgan fingerprint density at radius 3 is 2.70 bits per heavy atom. The van der Waals surface area contributed by atoms with Crippen LogP contribution >= 0.6 is 0 Å². The van der Waals surface area contributed by atoms with Gasteiger partial charge in [0.25, 0.3) is 11.7 Å². The van der Waals surface area contributed by atoms with Crippen LogP contribution in [0.1, 0.15) is 21.6 Å². The predicted octanol–water partition coefficient (Wildman–Crippen LogP) is 1.60. The Morgan fingerprint density at radius 2 is 2.05 bits per heavy atom. The van der Waals surface area contributed by atoms with Crippen molar-refractivity contribution in [3.8, 4) is 0 Å². The van der Waals surface area contributed by atoms with Crippen LogP contribution in [0, 0.1) is 12.7 Å². The zero-order valence-corrected chi connectivity index (χ0v) is 11.1. The molecule has 20 heavy (non-hydrogen) atoms. The minimum Gasteiger partial charge on any atom is -0.298 e. The number of ketones is 1. The summed E-state index contributed by atoms with van der Waals surface area (Å²) in [7, 11) is 1.77. The highest BCUT2D eigenvalue weighted by molar-refractivity contribution is 6.52. The van der Waals surface area contributed by atoms with E-state index in [1.54, 1.807) is 30.9 Å². The molecule has 0 unspecified atom stereocenters. The fraction of sp³-hybridized carbons (Fsp3) is 0.214. The molecule has 1 aromatic heterocycles. The average Bonchev–Trinajstić information content (AvgIpc) is 2.88. The third-order valence-corrected chi connectivity index (χ3v) is 3.31. The SMILES string of the molecule is Cc1cc(F)cc2c1N(Cc1ccn(C)n1)C(=O)C2=O. The smallest absolute Gasteiger partial charge is 0.298 e. The molecule has 2 heterocycles. The number of benzene rings is 1. The van der Waals surface area contributed by atoms with Crippen LogP contribution < -0.4 is 4.90 Å². The molecule has 1 aliphatic rings. The molecule has 0 fully saturated rings. The minimum atomic E-state index is -0.668. The van der Waals surface area contributed by atoms with Crippen LogP contribution in [0.3, 0.4) is 0 Å². The number of rotatable bonds is 2. The first kappa shape index (κ1) is 12.5. The first-order chi connectivity index (χ1) is 9.47. The van der Waals surface area contributed by atoms with Gasteiger partial charge in [0.1, 0.15) is 5.82 Å². The average molecular weight is 273 g/mol. The molecule has 0 spiro atoms. The van der Waals surface area contributed by atoms with Gasteiger partial charge in [0, 0.05) is 13.2 Å². The summed E-state index contributed by atoms with van der Waals surface area (Å²) >= 11 is 0. The summed E-state index contributed by atoms with van der Waals surface area (Å²) < 4.78 is 15.0. The minimum absolute atomic E-state index is 0.128. The van der Waals surface area contributed by atoms with Gasteiger partial charge in [0.05, 0.1) is 23.5 Å². The van der Waals surface area contributed by atoms with E-state index in [1.165, 1.54) is 11.0 Å². The second kappa shape index (κ2) is 4.26. The van der Waals surface area contributed by atoms with Gasteiger partial charge in [0.15, 0.2) is 0 Å². The molecule has 0 radical (unpaired) electrons. The topological polar surface area (TPSA) is 55.2 Å². The van der Waals surface area contributed by atoms with E-state index in [1.807, 2.05) is 0 Å². The maximum atomic E-state index is 13.4. The summed E-state index contributed by atoms with van der Waals surface area (Å²) in [4.78, 5) is 25.3. The number of hydrogen-bond acceptors (Lipinski definition) is 3. The molecule has 0 saturated heterocycles. The highest BCUT2D eigenvalue weighted by atomic mass is 19.1. The fourth-order valence-corrected chi connectivity index (χ4v) is 2.47. The molecule has 5 nitrogen and oxygen atoms in total. The van der Waals surface area contributed by atoms with Crippen LogP contribution in [-0.4, -0.2) is 21.5 Å². The predicted molar refractivity (Wildman–Crippen MR) is 69.9 cm³/mol. The number of Topliss-reactive ketones (excluding diaryl/α,β-unsaturated/α-hetero) is 1. The van der Waals surface area contributed by atoms with Crippen molar-refractivity contribution in [3.05, 3.63) is 47.0 Å². The third kappa shape index (κ3) is 1.80. The summed E-state index contributed by atoms with van der Waals surface area (Å²) in [6.07, 6.45) is 1.76. The molecular weight excluding hydrogens is 261 g/mol. The van der Waals surface area contributed by atoms with Crippen LogP contribution in [0.15, 0.2) is 24.4 Å². The second-order valence-electron chi connectivity index (χ2n) is 4.82. The largest absolute Gasteiger partial charge is 0.299 e. The molecule has 0 bridgehead atoms. The van der Waals surface area contributed by atoms with Crippen LogP contribution in [0.25, 0.3) is 0 Å². The molecule has 1 aliphatic heterocycles. The molecule has 0 N–H and O–H groups in total. The van der Waals surface area contributed by atoms with Gasteiger partial charge in [0.2, 0.25) is 0 Å². The van der Waals surface area contributed by atoms with Gasteiger partial charge in [-0.1, -0.05) is 0 Å². The number of carbonyl (C=O) groups is 2. The van der Waals surface area contributed by atoms with Crippen molar-refractivity contribution >= 4 is 17.4 Å². The number of amides is 1. The summed E-state index contributed by atoms with van der Waals surface area (Å²) in [5, 5.41) is 4.19. The molecule has 6 heteroatoms. The second-order valence-corrected chi connectivity index (χ2v) is 4.82. The molecule has 102 valence electrons. The van der Waals surface area contributed by atoms with E-state index in [-0.39, 0.29) is 12.1 Å². The highest BCUT2D eigenvalue weighted by Gasteiger charge is 2.37. The van der Waals surface area contributed by atoms with Gasteiger partial charge >= 0.3 is 0 Å². The van der Waals surface area contributed by atoms with Crippen molar-refractivity contribution in [1.82, 2.24) is 9.78 Å². The zero-order chi connectivity index (χ0) is 14.4. The molecule has 2 aromatic rings. The Kier molecular flexibility index (Phi) is 2.67. The summed E-state index contributed by atoms with van der Waals surface area (Å²) in [6.45, 7) is 1.88. The van der Waals surface area contributed by atoms with Gasteiger partial charge in [-0.3, -0.25) is 19.2 Å². The number of aryl methyl sites for hydroxylation is 2. The van der Waals surface area contributed by atoms with Crippen molar-refractivity contribution < 1.29 is 14.0 Å². The molecule has 3 rings (SSSR count). The zero-order valence-electron chi connectivity index (χ0n) is 11.1. The van der Waals surface area contributed by atoms with E-state index >= 15 is 0 Å². The molecule has 1 aromatic carbocycles. The Morgan fingerprint density at radius 1 is 1.30 bits per heavy atom. The quantitative estimate of drug-likeness (QED) is 0.781. The van der Waals surface area contributed by atoms with Crippen molar-refractivity contribution in [1.29, 1.82) is 0 Å². The van der Waals surface area contributed by atoms with Crippen molar-refractivity contribution in [2.45, 2.75) is 13.5 Å². The van der Waals surface area contributed by atoms with Gasteiger partial charge < -0.3 is 0 Å². The lowest BCUT2D eigenvalue weighted by atomic mass is 10.1. The van der Waals surface area contributed by atoms with E-state index in [0.717, 1.165) is 6.07 Å². The Labute approximate surface area is 114 Å². The first-order valence-corrected chi connectivity index (χ1v) is 6.12. The third-order valence-electron chi connectivity index (χ3n) is 3.31. The monoisotopic (exact) mass is 273 g/mol. The Hall–Kier alpha value is -2.50. The number of fused-ring (bicyclic) bond motifs is 1. The van der Waals surface area contributed by atoms with Gasteiger partial charge in [-0.05, 0) is 30.7 Å². The Bertz CT molecular complexity index is 736. The molecular formula is C14H12FN3O2. The van der Waals surface area contributed by atoms with Crippen LogP contribution in [0.4, 0.5) is 10.1 Å². The summed E-state index contributed by atoms with van der Waals surface area (Å²) in [5.74, 6) is -1.82. The number of aromatic nitrogens is 2. The van der Waals surface area contributed by atoms with Crippen LogP contribution in [0.5, 0.6) is 0 Å². The summed E-state index contributed by atoms with van der Waals surface area (Å²) in [5.41, 5.74) is 1.84. The number of anilines is 1. The maximum absolute atomic E-state index is 13.4. The maximum Gasteiger partial charge on any atom is 0.299 e. The summed E-state index contributed by atoms with van der Waals surface area (Å²) in [6, 6.07) is 4.20. The van der Waals surface area contributed by atoms with E-state index in [0.29, 0.717) is 16.9 Å². The van der Waals surface area contributed by atoms with Crippen molar-refractivity contribution in [2.24, 2.45) is 7.05 Å². The van der Waals surface area contributed by atoms with E-state index in [4.69, 9.17) is 0 Å². The number of halogens is 1. The lowest BCUT2D eigenvalue weighted by Gasteiger charge is -2.17. The van der Waals surface area contributed by atoms with E-state index in [2.05, 4.69) is 5.10 Å². The van der Waals surface area contributed by atoms with E-state index in [9.17, 15) is 14.0 Å². The number of hydrogen-bond donors (Lipinski definition) is 0. The number of carbonyl (C=O) groups excluding carboxylic acids is 2. The van der Waals surface area contributed by atoms with Gasteiger partial charge in [-0.15, -0.1) is 0 Å². The van der Waals surface area contributed by atoms with Crippen molar-refractivity contribution in [2.75, 3.05) is 4.90 Å². The van der Waals surface area contributed by atoms with Gasteiger partial charge in [-0.2, -0.15) is 5.10 Å². The molecule has 0 saturated carbocycles. The van der Waals surface area contributed by atoms with Crippen LogP contribution in [0.2, 0.25) is 0 Å². The number of nitrogens with zero attached hydrogens (tertiary/aromatic N) is 3. The Balaban J connectivity index is 2.06.